The van der Waals surface area contributed by atoms with E-state index in [4.69, 9.17) is 0 Å². The Morgan fingerprint density at radius 3 is 1.73 bits per heavy atom. The summed E-state index contributed by atoms with van der Waals surface area (Å²) in [5, 5.41) is 13.9. The van der Waals surface area contributed by atoms with Gasteiger partial charge in [0, 0.05) is 10.8 Å². The molecule has 108 valence electrons. The molecule has 2 aromatic heterocycles. The second-order valence-corrected chi connectivity index (χ2v) is 4.85. The number of aromatic amines is 2. The van der Waals surface area contributed by atoms with Gasteiger partial charge in [-0.3, -0.25) is 15.0 Å². The quantitative estimate of drug-likeness (QED) is 0.559. The maximum Gasteiger partial charge on any atom is 0.234 e. The number of ketones is 1. The molecule has 5 nitrogen and oxygen atoms in total. The topological polar surface area (TPSA) is 74.4 Å². The average molecular weight is 298 g/mol. The van der Waals surface area contributed by atoms with Crippen LogP contribution in [0.5, 0.6) is 0 Å². The molecule has 2 aromatic carbocycles. The maximum atomic E-state index is 13.4. The van der Waals surface area contributed by atoms with E-state index in [0.29, 0.717) is 21.8 Å². The molecule has 0 aliphatic carbocycles. The first-order chi connectivity index (χ1) is 10.6. The Morgan fingerprint density at radius 2 is 1.27 bits per heavy atom. The van der Waals surface area contributed by atoms with Crippen molar-refractivity contribution in [3.05, 3.63) is 59.4 Å². The van der Waals surface area contributed by atoms with E-state index in [1.165, 1.54) is 36.4 Å². The molecule has 0 amide bonds. The molecule has 0 spiro atoms. The molecule has 0 unspecified atom stereocenters. The summed E-state index contributed by atoms with van der Waals surface area (Å²) in [7, 11) is 0. The van der Waals surface area contributed by atoms with E-state index >= 15 is 0 Å². The van der Waals surface area contributed by atoms with Crippen molar-refractivity contribution < 1.29 is 13.6 Å². The Labute approximate surface area is 122 Å². The van der Waals surface area contributed by atoms with Crippen molar-refractivity contribution in [3.63, 3.8) is 0 Å². The van der Waals surface area contributed by atoms with Crippen LogP contribution in [0.25, 0.3) is 21.8 Å². The maximum absolute atomic E-state index is 13.4. The Kier molecular flexibility index (Phi) is 2.56. The molecule has 0 saturated heterocycles. The lowest BCUT2D eigenvalue weighted by atomic mass is 10.1. The summed E-state index contributed by atoms with van der Waals surface area (Å²) in [5.41, 5.74) is 1.17. The molecule has 4 aromatic rings. The minimum atomic E-state index is -0.506. The van der Waals surface area contributed by atoms with Gasteiger partial charge in [0.15, 0.2) is 0 Å². The van der Waals surface area contributed by atoms with Crippen molar-refractivity contribution >= 4 is 27.6 Å². The fourth-order valence-electron chi connectivity index (χ4n) is 2.43. The van der Waals surface area contributed by atoms with Gasteiger partial charge in [0.2, 0.25) is 5.78 Å². The van der Waals surface area contributed by atoms with Crippen molar-refractivity contribution in [2.24, 2.45) is 0 Å². The summed E-state index contributed by atoms with van der Waals surface area (Å²) in [6.07, 6.45) is 0. The molecule has 7 heteroatoms. The molecule has 2 N–H and O–H groups in total. The molecular weight excluding hydrogens is 290 g/mol. The molecule has 0 bridgehead atoms. The Hall–Kier alpha value is -3.09. The smallest absolute Gasteiger partial charge is 0.234 e. The largest absolute Gasteiger partial charge is 0.285 e. The van der Waals surface area contributed by atoms with E-state index in [1.807, 2.05) is 0 Å². The van der Waals surface area contributed by atoms with Crippen LogP contribution in [0.3, 0.4) is 0 Å². The van der Waals surface area contributed by atoms with Gasteiger partial charge in [-0.2, -0.15) is 10.2 Å². The van der Waals surface area contributed by atoms with E-state index in [-0.39, 0.29) is 11.4 Å². The number of benzene rings is 2. The summed E-state index contributed by atoms with van der Waals surface area (Å²) in [6, 6.07) is 7.98. The first-order valence-corrected chi connectivity index (χ1v) is 6.45. The normalized spacial score (nSPS) is 11.4. The number of carbonyl (C=O) groups excluding carboxylic acids is 1. The molecule has 0 aliphatic heterocycles. The number of rotatable bonds is 2. The number of nitrogens with one attached hydrogen (secondary N) is 2. The Morgan fingerprint density at radius 1 is 0.818 bits per heavy atom. The van der Waals surface area contributed by atoms with Crippen molar-refractivity contribution in [2.75, 3.05) is 0 Å². The standard InChI is InChI=1S/C15H8F2N4O/c16-7-1-3-11-9(5-7)13(20-18-11)15(22)14-10-6-8(17)2-4-12(10)19-21-14/h1-6H,(H,18,20)(H,19,21). The fourth-order valence-corrected chi connectivity index (χ4v) is 2.43. The number of halogens is 2. The van der Waals surface area contributed by atoms with Crippen LogP contribution in [0.2, 0.25) is 0 Å². The van der Waals surface area contributed by atoms with Crippen LogP contribution < -0.4 is 0 Å². The lowest BCUT2D eigenvalue weighted by Crippen LogP contribution is -2.04. The third kappa shape index (κ3) is 1.79. The molecule has 0 aliphatic rings. The van der Waals surface area contributed by atoms with Gasteiger partial charge in [-0.1, -0.05) is 0 Å². The molecule has 0 radical (unpaired) electrons. The summed E-state index contributed by atoms with van der Waals surface area (Å²) in [4.78, 5) is 12.6. The SMILES string of the molecule is O=C(c1n[nH]c2ccc(F)cc12)c1n[nH]c2ccc(F)cc12. The Balaban J connectivity index is 1.92. The lowest BCUT2D eigenvalue weighted by molar-refractivity contribution is 0.103. The first-order valence-electron chi connectivity index (χ1n) is 6.45. The second kappa shape index (κ2) is 4.45. The van der Waals surface area contributed by atoms with Crippen LogP contribution in [0.15, 0.2) is 36.4 Å². The van der Waals surface area contributed by atoms with Crippen LogP contribution in [0.1, 0.15) is 16.2 Å². The van der Waals surface area contributed by atoms with Crippen molar-refractivity contribution in [1.29, 1.82) is 0 Å². The summed E-state index contributed by atoms with van der Waals surface area (Å²) < 4.78 is 26.8. The third-order valence-electron chi connectivity index (χ3n) is 3.48. The van der Waals surface area contributed by atoms with Crippen LogP contribution in [-0.4, -0.2) is 26.2 Å². The van der Waals surface area contributed by atoms with E-state index in [1.54, 1.807) is 0 Å². The van der Waals surface area contributed by atoms with Gasteiger partial charge in [0.05, 0.1) is 11.0 Å². The summed E-state index contributed by atoms with van der Waals surface area (Å²) in [5.74, 6) is -1.45. The number of fused-ring (bicyclic) bond motifs is 2. The number of nitrogens with zero attached hydrogens (tertiary/aromatic N) is 2. The monoisotopic (exact) mass is 298 g/mol. The molecule has 4 rings (SSSR count). The van der Waals surface area contributed by atoms with E-state index < -0.39 is 17.4 Å². The number of H-pyrrole nitrogens is 2. The van der Waals surface area contributed by atoms with Crippen LogP contribution >= 0.6 is 0 Å². The van der Waals surface area contributed by atoms with Crippen molar-refractivity contribution in [3.8, 4) is 0 Å². The van der Waals surface area contributed by atoms with Crippen molar-refractivity contribution in [1.82, 2.24) is 20.4 Å². The fraction of sp³-hybridized carbons (Fsp3) is 0. The number of hydrogen-bond acceptors (Lipinski definition) is 3. The number of aromatic nitrogens is 4. The van der Waals surface area contributed by atoms with Gasteiger partial charge in [-0.25, -0.2) is 8.78 Å². The minimum absolute atomic E-state index is 0.0483. The highest BCUT2D eigenvalue weighted by atomic mass is 19.1. The first kappa shape index (κ1) is 12.6. The molecule has 0 atom stereocenters. The van der Waals surface area contributed by atoms with Gasteiger partial charge in [0.25, 0.3) is 0 Å². The van der Waals surface area contributed by atoms with Crippen LogP contribution in [0.4, 0.5) is 8.78 Å². The highest BCUT2D eigenvalue weighted by Crippen LogP contribution is 2.23. The number of carbonyl (C=O) groups is 1. The Bertz CT molecular complexity index is 953. The minimum Gasteiger partial charge on any atom is -0.285 e. The van der Waals surface area contributed by atoms with E-state index in [9.17, 15) is 13.6 Å². The summed E-state index contributed by atoms with van der Waals surface area (Å²) >= 11 is 0. The van der Waals surface area contributed by atoms with Gasteiger partial charge in [0.1, 0.15) is 23.0 Å². The van der Waals surface area contributed by atoms with Gasteiger partial charge in [-0.15, -0.1) is 0 Å². The van der Waals surface area contributed by atoms with Gasteiger partial charge >= 0.3 is 0 Å². The zero-order valence-electron chi connectivity index (χ0n) is 11.0. The lowest BCUT2D eigenvalue weighted by Gasteiger charge is -1.96. The third-order valence-corrected chi connectivity index (χ3v) is 3.48. The number of hydrogen-bond donors (Lipinski definition) is 2. The molecule has 0 saturated carbocycles. The van der Waals surface area contributed by atoms with E-state index in [2.05, 4.69) is 20.4 Å². The zero-order valence-corrected chi connectivity index (χ0v) is 11.0. The highest BCUT2D eigenvalue weighted by Gasteiger charge is 2.21. The predicted octanol–water partition coefficient (Wildman–Crippen LogP) is 2.95. The average Bonchev–Trinajstić information content (AvgIpc) is 3.09. The van der Waals surface area contributed by atoms with Crippen molar-refractivity contribution in [2.45, 2.75) is 0 Å². The second-order valence-electron chi connectivity index (χ2n) is 4.85. The van der Waals surface area contributed by atoms with Crippen LogP contribution in [0, 0.1) is 11.6 Å². The molecule has 0 fully saturated rings. The molecular formula is C15H8F2N4O. The molecule has 2 heterocycles. The summed E-state index contributed by atoms with van der Waals surface area (Å²) in [6.45, 7) is 0. The van der Waals surface area contributed by atoms with Gasteiger partial charge < -0.3 is 0 Å². The van der Waals surface area contributed by atoms with Crippen LogP contribution in [-0.2, 0) is 0 Å². The zero-order chi connectivity index (χ0) is 15.3. The highest BCUT2D eigenvalue weighted by molar-refractivity contribution is 6.18. The van der Waals surface area contributed by atoms with E-state index in [0.717, 1.165) is 0 Å². The molecule has 22 heavy (non-hydrogen) atoms. The predicted molar refractivity (Wildman–Crippen MR) is 75.5 cm³/mol. The van der Waals surface area contributed by atoms with Gasteiger partial charge in [-0.05, 0) is 36.4 Å².